The van der Waals surface area contributed by atoms with Crippen molar-refractivity contribution in [3.63, 3.8) is 0 Å². The van der Waals surface area contributed by atoms with Gasteiger partial charge in [-0.05, 0) is 0 Å². The Morgan fingerprint density at radius 3 is 0.536 bits per heavy atom. The van der Waals surface area contributed by atoms with E-state index < -0.39 is 0 Å². The van der Waals surface area contributed by atoms with E-state index in [4.69, 9.17) is 20.4 Å². The predicted octanol–water partition coefficient (Wildman–Crippen LogP) is -3.85. The maximum atomic E-state index is 9.33. The number of hydrogen-bond acceptors (Lipinski definition) is 10. The van der Waals surface area contributed by atoms with Crippen LogP contribution in [-0.2, 0) is 0 Å². The van der Waals surface area contributed by atoms with E-state index in [0.29, 0.717) is 65.4 Å². The lowest BCUT2D eigenvalue weighted by Crippen LogP contribution is -2.44. The summed E-state index contributed by atoms with van der Waals surface area (Å²) in [5.74, 6) is 0. The molecule has 0 aromatic carbocycles. The third-order valence-electron chi connectivity index (χ3n) is 4.69. The summed E-state index contributed by atoms with van der Waals surface area (Å²) in [6.45, 7) is 7.70. The highest BCUT2D eigenvalue weighted by Gasteiger charge is 2.13. The molecule has 0 aromatic rings. The van der Waals surface area contributed by atoms with Crippen molar-refractivity contribution in [1.82, 2.24) is 19.6 Å². The molecular formula is C18H42N4O6. The monoisotopic (exact) mass is 410 g/mol. The molecule has 0 aliphatic carbocycles. The molecule has 0 rings (SSSR count). The molecule has 0 aromatic heterocycles. The summed E-state index contributed by atoms with van der Waals surface area (Å²) in [5.41, 5.74) is 0. The van der Waals surface area contributed by atoms with Gasteiger partial charge < -0.3 is 30.6 Å². The third-order valence-corrected chi connectivity index (χ3v) is 4.69. The minimum Gasteiger partial charge on any atom is -0.395 e. The molecule has 0 saturated carbocycles. The maximum Gasteiger partial charge on any atom is 0.0558 e. The second-order valence-corrected chi connectivity index (χ2v) is 6.71. The lowest BCUT2D eigenvalue weighted by Gasteiger charge is -2.30. The van der Waals surface area contributed by atoms with E-state index >= 15 is 0 Å². The molecule has 0 aliphatic rings. The van der Waals surface area contributed by atoms with Crippen LogP contribution in [0.5, 0.6) is 0 Å². The van der Waals surface area contributed by atoms with Gasteiger partial charge in [-0.3, -0.25) is 19.6 Å². The third kappa shape index (κ3) is 14.6. The molecule has 170 valence electrons. The average Bonchev–Trinajstić information content (AvgIpc) is 2.68. The molecule has 0 unspecified atom stereocenters. The molecule has 0 spiro atoms. The van der Waals surface area contributed by atoms with E-state index in [1.54, 1.807) is 0 Å². The first-order valence-electron chi connectivity index (χ1n) is 10.2. The van der Waals surface area contributed by atoms with Crippen LogP contribution in [0.2, 0.25) is 0 Å². The van der Waals surface area contributed by atoms with Crippen molar-refractivity contribution in [2.24, 2.45) is 0 Å². The van der Waals surface area contributed by atoms with Gasteiger partial charge in [0.1, 0.15) is 0 Å². The van der Waals surface area contributed by atoms with Gasteiger partial charge in [0.2, 0.25) is 0 Å². The predicted molar refractivity (Wildman–Crippen MR) is 108 cm³/mol. The molecule has 0 aliphatic heterocycles. The van der Waals surface area contributed by atoms with Gasteiger partial charge in [-0.2, -0.15) is 0 Å². The summed E-state index contributed by atoms with van der Waals surface area (Å²) in [5, 5.41) is 55.1. The molecule has 0 fully saturated rings. The van der Waals surface area contributed by atoms with Crippen LogP contribution in [0.3, 0.4) is 0 Å². The van der Waals surface area contributed by atoms with Crippen molar-refractivity contribution in [1.29, 1.82) is 0 Å². The first-order chi connectivity index (χ1) is 13.6. The molecule has 0 bridgehead atoms. The number of aliphatic hydroxyl groups excluding tert-OH is 6. The molecule has 0 heterocycles. The minimum atomic E-state index is 0.0441. The van der Waals surface area contributed by atoms with Gasteiger partial charge in [-0.15, -0.1) is 0 Å². The second-order valence-electron chi connectivity index (χ2n) is 6.71. The van der Waals surface area contributed by atoms with E-state index in [1.165, 1.54) is 0 Å². The van der Waals surface area contributed by atoms with E-state index in [2.05, 4.69) is 9.80 Å². The van der Waals surface area contributed by atoms with Crippen LogP contribution in [0.4, 0.5) is 0 Å². The Hall–Kier alpha value is -0.400. The van der Waals surface area contributed by atoms with E-state index in [-0.39, 0.29) is 39.6 Å². The molecule has 0 atom stereocenters. The fraction of sp³-hybridized carbons (Fsp3) is 1.00. The SMILES string of the molecule is OCCN(CCO)CCN(CCO)CCN(CCO)CCN(CCO)CCO. The van der Waals surface area contributed by atoms with Crippen molar-refractivity contribution in [2.75, 3.05) is 118 Å². The summed E-state index contributed by atoms with van der Waals surface area (Å²) in [7, 11) is 0. The Kier molecular flexibility index (Phi) is 19.6. The van der Waals surface area contributed by atoms with Crippen LogP contribution >= 0.6 is 0 Å². The minimum absolute atomic E-state index is 0.0441. The van der Waals surface area contributed by atoms with Gasteiger partial charge in [-0.1, -0.05) is 0 Å². The summed E-state index contributed by atoms with van der Waals surface area (Å²) < 4.78 is 0. The fourth-order valence-electron chi connectivity index (χ4n) is 3.04. The lowest BCUT2D eigenvalue weighted by atomic mass is 10.3. The van der Waals surface area contributed by atoms with Crippen LogP contribution in [-0.4, -0.2) is 168 Å². The van der Waals surface area contributed by atoms with Crippen LogP contribution in [0.15, 0.2) is 0 Å². The van der Waals surface area contributed by atoms with Gasteiger partial charge in [0, 0.05) is 78.5 Å². The van der Waals surface area contributed by atoms with Gasteiger partial charge in [-0.25, -0.2) is 0 Å². The van der Waals surface area contributed by atoms with Gasteiger partial charge >= 0.3 is 0 Å². The molecular weight excluding hydrogens is 368 g/mol. The molecule has 10 nitrogen and oxygen atoms in total. The quantitative estimate of drug-likeness (QED) is 0.112. The van der Waals surface area contributed by atoms with E-state index in [9.17, 15) is 10.2 Å². The van der Waals surface area contributed by atoms with Crippen molar-refractivity contribution >= 4 is 0 Å². The second kappa shape index (κ2) is 19.9. The topological polar surface area (TPSA) is 134 Å². The first-order valence-corrected chi connectivity index (χ1v) is 10.2. The molecule has 28 heavy (non-hydrogen) atoms. The zero-order valence-electron chi connectivity index (χ0n) is 17.2. The summed E-state index contributed by atoms with van der Waals surface area (Å²) in [4.78, 5) is 8.23. The first kappa shape index (κ1) is 27.6. The zero-order valence-corrected chi connectivity index (χ0v) is 17.2. The van der Waals surface area contributed by atoms with Gasteiger partial charge in [0.25, 0.3) is 0 Å². The maximum absolute atomic E-state index is 9.33. The number of aliphatic hydroxyl groups is 6. The van der Waals surface area contributed by atoms with Crippen molar-refractivity contribution in [2.45, 2.75) is 0 Å². The number of nitrogens with zero attached hydrogens (tertiary/aromatic N) is 4. The van der Waals surface area contributed by atoms with Gasteiger partial charge in [0.05, 0.1) is 39.6 Å². The largest absolute Gasteiger partial charge is 0.395 e. The van der Waals surface area contributed by atoms with E-state index in [0.717, 1.165) is 13.1 Å². The normalized spacial score (nSPS) is 12.2. The molecule has 0 amide bonds. The summed E-state index contributed by atoms with van der Waals surface area (Å²) in [6.07, 6.45) is 0. The molecule has 6 N–H and O–H groups in total. The molecule has 0 radical (unpaired) electrons. The summed E-state index contributed by atoms with van der Waals surface area (Å²) >= 11 is 0. The number of hydrogen-bond donors (Lipinski definition) is 6. The fourth-order valence-corrected chi connectivity index (χ4v) is 3.04. The lowest BCUT2D eigenvalue weighted by molar-refractivity contribution is 0.110. The average molecular weight is 411 g/mol. The Morgan fingerprint density at radius 2 is 0.393 bits per heavy atom. The van der Waals surface area contributed by atoms with Crippen molar-refractivity contribution in [3.8, 4) is 0 Å². The van der Waals surface area contributed by atoms with Crippen LogP contribution < -0.4 is 0 Å². The zero-order chi connectivity index (χ0) is 21.0. The highest BCUT2D eigenvalue weighted by molar-refractivity contribution is 4.68. The Bertz CT molecular complexity index is 288. The molecule has 10 heteroatoms. The van der Waals surface area contributed by atoms with Crippen LogP contribution in [0, 0.1) is 0 Å². The van der Waals surface area contributed by atoms with Crippen LogP contribution in [0.1, 0.15) is 0 Å². The van der Waals surface area contributed by atoms with Crippen LogP contribution in [0.25, 0.3) is 0 Å². The highest BCUT2D eigenvalue weighted by Crippen LogP contribution is 1.97. The highest BCUT2D eigenvalue weighted by atomic mass is 16.3. The Balaban J connectivity index is 4.49. The molecule has 0 saturated heterocycles. The van der Waals surface area contributed by atoms with Gasteiger partial charge in [0.15, 0.2) is 0 Å². The van der Waals surface area contributed by atoms with Crippen molar-refractivity contribution in [3.05, 3.63) is 0 Å². The Labute approximate surface area is 169 Å². The van der Waals surface area contributed by atoms with E-state index in [1.807, 2.05) is 9.80 Å². The number of rotatable bonds is 21. The standard InChI is InChI=1S/C18H42N4O6/c23-13-7-19(3-5-21(9-15-25)10-16-26)1-2-20(8-14-24)4-6-22(11-17-27)12-18-28/h23-28H,1-18H2. The van der Waals surface area contributed by atoms with Crippen molar-refractivity contribution < 1.29 is 30.6 Å². The summed E-state index contributed by atoms with van der Waals surface area (Å²) in [6, 6.07) is 0. The smallest absolute Gasteiger partial charge is 0.0558 e. The Morgan fingerprint density at radius 1 is 0.250 bits per heavy atom.